The molecule has 2 rings (SSSR count). The number of hydrogen-bond donors (Lipinski definition) is 1. The number of nitrogens with two attached hydrogens (primary N) is 1. The fraction of sp³-hybridized carbons (Fsp3) is 0.529. The van der Waals surface area contributed by atoms with Gasteiger partial charge in [-0.15, -0.1) is 0 Å². The van der Waals surface area contributed by atoms with Gasteiger partial charge in [0.15, 0.2) is 0 Å². The number of carbonyl (C=O) groups excluding carboxylic acids is 1. The minimum atomic E-state index is -0.0866. The number of aromatic nitrogens is 1. The molecule has 1 heterocycles. The fourth-order valence-corrected chi connectivity index (χ4v) is 3.31. The van der Waals surface area contributed by atoms with Crippen molar-refractivity contribution in [2.45, 2.75) is 45.4 Å². The summed E-state index contributed by atoms with van der Waals surface area (Å²) in [6.45, 7) is 3.11. The summed E-state index contributed by atoms with van der Waals surface area (Å²) in [7, 11) is 0. The minimum absolute atomic E-state index is 0.0866. The molecule has 2 aromatic rings. The van der Waals surface area contributed by atoms with Crippen LogP contribution in [0.15, 0.2) is 24.3 Å². The maximum atomic E-state index is 11.2. The van der Waals surface area contributed by atoms with Crippen molar-refractivity contribution >= 4 is 32.7 Å². The fourth-order valence-electron chi connectivity index (χ4n) is 2.39. The Morgan fingerprint density at radius 1 is 1.22 bits per heavy atom. The number of ether oxygens (including phenoxy) is 1. The molecule has 0 spiro atoms. The lowest BCUT2D eigenvalue weighted by atomic mass is 10.1. The van der Waals surface area contributed by atoms with E-state index in [4.69, 9.17) is 10.6 Å². The normalized spacial score (nSPS) is 10.9. The Kier molecular flexibility index (Phi) is 7.29. The summed E-state index contributed by atoms with van der Waals surface area (Å²) in [5.74, 6) is 6.01. The molecule has 126 valence electrons. The van der Waals surface area contributed by atoms with Gasteiger partial charge in [-0.1, -0.05) is 42.7 Å². The summed E-state index contributed by atoms with van der Waals surface area (Å²) in [6, 6.07) is 8.07. The lowest BCUT2D eigenvalue weighted by molar-refractivity contribution is -0.143. The Morgan fingerprint density at radius 3 is 2.74 bits per heavy atom. The number of hydrogen-bond acceptors (Lipinski definition) is 6. The summed E-state index contributed by atoms with van der Waals surface area (Å²) in [6.07, 6.45) is 5.76. The van der Waals surface area contributed by atoms with Crippen molar-refractivity contribution in [3.63, 3.8) is 0 Å². The van der Waals surface area contributed by atoms with E-state index in [9.17, 15) is 4.79 Å². The van der Waals surface area contributed by atoms with Gasteiger partial charge in [-0.2, -0.15) is 0 Å². The number of anilines is 1. The van der Waals surface area contributed by atoms with Crippen molar-refractivity contribution in [3.8, 4) is 0 Å². The van der Waals surface area contributed by atoms with E-state index < -0.39 is 0 Å². The van der Waals surface area contributed by atoms with Gasteiger partial charge < -0.3 is 4.74 Å². The predicted octanol–water partition coefficient (Wildman–Crippen LogP) is 3.88. The van der Waals surface area contributed by atoms with Crippen LogP contribution in [-0.2, 0) is 9.53 Å². The van der Waals surface area contributed by atoms with Crippen molar-refractivity contribution in [2.75, 3.05) is 18.2 Å². The van der Waals surface area contributed by atoms with Gasteiger partial charge in [0.05, 0.1) is 16.8 Å². The predicted molar refractivity (Wildman–Crippen MR) is 95.5 cm³/mol. The van der Waals surface area contributed by atoms with Crippen LogP contribution < -0.4 is 10.9 Å². The maximum Gasteiger partial charge on any atom is 0.305 e. The third kappa shape index (κ3) is 5.80. The first kappa shape index (κ1) is 17.7. The third-order valence-electron chi connectivity index (χ3n) is 3.61. The Hall–Kier alpha value is -1.66. The highest BCUT2D eigenvalue weighted by atomic mass is 32.1. The van der Waals surface area contributed by atoms with Crippen LogP contribution in [0.3, 0.4) is 0 Å². The number of fused-ring (bicyclic) bond motifs is 1. The standard InChI is InChI=1S/C17H25N3O2S/c1-2-22-16(21)12-6-4-3-5-9-13-20(18)17-19-14-10-7-8-11-15(14)23-17/h7-8,10-11H,2-6,9,12-13,18H2,1H3. The summed E-state index contributed by atoms with van der Waals surface area (Å²) in [5.41, 5.74) is 1.00. The second-order valence-corrected chi connectivity index (χ2v) is 6.49. The Labute approximate surface area is 141 Å². The highest BCUT2D eigenvalue weighted by Crippen LogP contribution is 2.27. The van der Waals surface area contributed by atoms with E-state index in [1.165, 1.54) is 0 Å². The van der Waals surface area contributed by atoms with Crippen LogP contribution in [0.4, 0.5) is 5.13 Å². The SMILES string of the molecule is CCOC(=O)CCCCCCCN(N)c1nc2ccccc2s1. The molecule has 6 heteroatoms. The lowest BCUT2D eigenvalue weighted by Crippen LogP contribution is -2.31. The average Bonchev–Trinajstić information content (AvgIpc) is 2.98. The van der Waals surface area contributed by atoms with Crippen molar-refractivity contribution in [1.82, 2.24) is 4.98 Å². The van der Waals surface area contributed by atoms with Crippen molar-refractivity contribution < 1.29 is 9.53 Å². The van der Waals surface area contributed by atoms with Crippen LogP contribution in [0.2, 0.25) is 0 Å². The van der Waals surface area contributed by atoms with Gasteiger partial charge >= 0.3 is 5.97 Å². The van der Waals surface area contributed by atoms with Gasteiger partial charge in [0.1, 0.15) is 0 Å². The van der Waals surface area contributed by atoms with E-state index in [0.717, 1.165) is 54.0 Å². The van der Waals surface area contributed by atoms with Crippen LogP contribution in [0.1, 0.15) is 45.4 Å². The zero-order chi connectivity index (χ0) is 16.5. The van der Waals surface area contributed by atoms with Crippen LogP contribution in [0.25, 0.3) is 10.2 Å². The summed E-state index contributed by atoms with van der Waals surface area (Å²) in [4.78, 5) is 15.7. The molecule has 1 aromatic heterocycles. The number of thiazole rings is 1. The molecule has 23 heavy (non-hydrogen) atoms. The van der Waals surface area contributed by atoms with Crippen LogP contribution in [0, 0.1) is 0 Å². The van der Waals surface area contributed by atoms with Gasteiger partial charge in [-0.25, -0.2) is 10.8 Å². The van der Waals surface area contributed by atoms with Crippen molar-refractivity contribution in [1.29, 1.82) is 0 Å². The lowest BCUT2D eigenvalue weighted by Gasteiger charge is -2.14. The van der Waals surface area contributed by atoms with Gasteiger partial charge in [0.2, 0.25) is 5.13 Å². The molecular formula is C17H25N3O2S. The molecule has 0 amide bonds. The zero-order valence-electron chi connectivity index (χ0n) is 13.7. The highest BCUT2D eigenvalue weighted by molar-refractivity contribution is 7.22. The number of rotatable bonds is 10. The number of esters is 1. The molecule has 0 unspecified atom stereocenters. The molecule has 0 atom stereocenters. The monoisotopic (exact) mass is 335 g/mol. The molecule has 0 saturated carbocycles. The minimum Gasteiger partial charge on any atom is -0.466 e. The van der Waals surface area contributed by atoms with E-state index in [1.54, 1.807) is 16.3 Å². The smallest absolute Gasteiger partial charge is 0.305 e. The Bertz CT molecular complexity index is 582. The molecule has 0 aliphatic heterocycles. The summed E-state index contributed by atoms with van der Waals surface area (Å²) < 4.78 is 6.07. The Balaban J connectivity index is 1.60. The Morgan fingerprint density at radius 2 is 1.96 bits per heavy atom. The summed E-state index contributed by atoms with van der Waals surface area (Å²) in [5, 5.41) is 2.61. The van der Waals surface area contributed by atoms with E-state index in [0.29, 0.717) is 13.0 Å². The van der Waals surface area contributed by atoms with E-state index in [-0.39, 0.29) is 5.97 Å². The topological polar surface area (TPSA) is 68.5 Å². The second kappa shape index (κ2) is 9.47. The van der Waals surface area contributed by atoms with Crippen LogP contribution >= 0.6 is 11.3 Å². The van der Waals surface area contributed by atoms with Crippen LogP contribution in [-0.4, -0.2) is 24.1 Å². The van der Waals surface area contributed by atoms with E-state index in [2.05, 4.69) is 11.1 Å². The molecular weight excluding hydrogens is 310 g/mol. The van der Waals surface area contributed by atoms with Crippen LogP contribution in [0.5, 0.6) is 0 Å². The maximum absolute atomic E-state index is 11.2. The number of carbonyl (C=O) groups is 1. The van der Waals surface area contributed by atoms with Gasteiger partial charge in [-0.05, 0) is 31.9 Å². The zero-order valence-corrected chi connectivity index (χ0v) is 14.5. The number of para-hydroxylation sites is 1. The molecule has 0 fully saturated rings. The average molecular weight is 335 g/mol. The van der Waals surface area contributed by atoms with E-state index >= 15 is 0 Å². The first-order chi connectivity index (χ1) is 11.2. The highest BCUT2D eigenvalue weighted by Gasteiger charge is 2.08. The summed E-state index contributed by atoms with van der Waals surface area (Å²) >= 11 is 1.62. The first-order valence-corrected chi connectivity index (χ1v) is 9.05. The molecule has 0 saturated heterocycles. The molecule has 2 N–H and O–H groups in total. The second-order valence-electron chi connectivity index (χ2n) is 5.48. The first-order valence-electron chi connectivity index (χ1n) is 8.24. The molecule has 0 aliphatic carbocycles. The molecule has 0 radical (unpaired) electrons. The third-order valence-corrected chi connectivity index (χ3v) is 4.69. The molecule has 1 aromatic carbocycles. The quantitative estimate of drug-likeness (QED) is 0.309. The van der Waals surface area contributed by atoms with Gasteiger partial charge in [-0.3, -0.25) is 9.80 Å². The van der Waals surface area contributed by atoms with E-state index in [1.807, 2.05) is 25.1 Å². The molecule has 0 bridgehead atoms. The number of benzene rings is 1. The molecule has 0 aliphatic rings. The number of unbranched alkanes of at least 4 members (excludes halogenated alkanes) is 4. The number of hydrazine groups is 1. The van der Waals surface area contributed by atoms with Gasteiger partial charge in [0, 0.05) is 13.0 Å². The van der Waals surface area contributed by atoms with Gasteiger partial charge in [0.25, 0.3) is 0 Å². The number of nitrogens with zero attached hydrogens (tertiary/aromatic N) is 2. The van der Waals surface area contributed by atoms with Crippen molar-refractivity contribution in [3.05, 3.63) is 24.3 Å². The molecule has 5 nitrogen and oxygen atoms in total. The largest absolute Gasteiger partial charge is 0.466 e. The van der Waals surface area contributed by atoms with Crippen molar-refractivity contribution in [2.24, 2.45) is 5.84 Å².